The maximum absolute atomic E-state index is 6.23. The first-order chi connectivity index (χ1) is 31.7. The third kappa shape index (κ3) is 4.70. The van der Waals surface area contributed by atoms with E-state index in [-0.39, 0.29) is 5.41 Å². The number of aromatic nitrogens is 2. The van der Waals surface area contributed by atoms with Crippen LogP contribution in [0.5, 0.6) is 0 Å². The van der Waals surface area contributed by atoms with Crippen LogP contribution < -0.4 is 0 Å². The topological polar surface area (TPSA) is 23.0 Å². The van der Waals surface area contributed by atoms with Gasteiger partial charge in [0.1, 0.15) is 11.2 Å². The Morgan fingerprint density at radius 1 is 0.375 bits per heavy atom. The molecule has 15 rings (SSSR count). The first-order valence-electron chi connectivity index (χ1n) is 22.8. The summed E-state index contributed by atoms with van der Waals surface area (Å²) in [5.74, 6) is 0. The third-order valence-corrected chi connectivity index (χ3v) is 16.2. The van der Waals surface area contributed by atoms with Gasteiger partial charge in [-0.05, 0) is 131 Å². The van der Waals surface area contributed by atoms with Gasteiger partial charge in [0.25, 0.3) is 0 Å². The molecule has 1 saturated carbocycles. The molecular weight excluding hydrogens is 797 g/mol. The second kappa shape index (κ2) is 12.8. The zero-order valence-corrected chi connectivity index (χ0v) is 35.9. The summed E-state index contributed by atoms with van der Waals surface area (Å²) < 4.78 is 13.8. The molecule has 3 nitrogen and oxygen atoms in total. The van der Waals surface area contributed by atoms with E-state index in [0.717, 1.165) is 27.6 Å². The van der Waals surface area contributed by atoms with E-state index in [4.69, 9.17) is 4.42 Å². The van der Waals surface area contributed by atoms with Crippen molar-refractivity contribution in [3.63, 3.8) is 0 Å². The maximum Gasteiger partial charge on any atom is 0.135 e. The van der Waals surface area contributed by atoms with Crippen LogP contribution in [0.25, 0.3) is 119 Å². The van der Waals surface area contributed by atoms with Crippen LogP contribution in [0.1, 0.15) is 43.2 Å². The summed E-state index contributed by atoms with van der Waals surface area (Å²) in [5.41, 5.74) is 17.6. The van der Waals surface area contributed by atoms with Gasteiger partial charge in [-0.15, -0.1) is 11.3 Å². The molecule has 4 heterocycles. The lowest BCUT2D eigenvalue weighted by molar-refractivity contribution is 0.353. The molecule has 2 aliphatic carbocycles. The lowest BCUT2D eigenvalue weighted by Crippen LogP contribution is -2.28. The van der Waals surface area contributed by atoms with Gasteiger partial charge in [-0.2, -0.15) is 0 Å². The van der Waals surface area contributed by atoms with E-state index in [9.17, 15) is 0 Å². The second-order valence-corrected chi connectivity index (χ2v) is 19.4. The van der Waals surface area contributed by atoms with E-state index in [1.807, 2.05) is 17.4 Å². The van der Waals surface area contributed by atoms with Gasteiger partial charge in [-0.1, -0.05) is 116 Å². The number of benzene rings is 9. The Hall–Kier alpha value is -7.40. The number of hydrogen-bond acceptors (Lipinski definition) is 2. The molecule has 1 fully saturated rings. The maximum atomic E-state index is 6.23. The van der Waals surface area contributed by atoms with Crippen molar-refractivity contribution in [1.29, 1.82) is 0 Å². The van der Waals surface area contributed by atoms with Crippen molar-refractivity contribution < 1.29 is 4.42 Å². The first kappa shape index (κ1) is 35.1. The third-order valence-electron chi connectivity index (χ3n) is 15.1. The van der Waals surface area contributed by atoms with Gasteiger partial charge in [-0.3, -0.25) is 0 Å². The standard InChI is InChI=1S/C60H40N2OS/c1-10-28-60(29-11-1)50-31-37(36-21-26-54-47(30-36)41-12-2-6-16-52(41)61(54)38-23-27-57-49(32-38)43-14-4-8-18-56(43)63-57)20-24-40(50)46-35-55-48(34-51(46)60)42-13-3-7-17-53(42)62(55)39-22-25-45-44-15-5-9-19-58(44)64-59(45)33-39/h2-9,12-27,30-35H,1,10-11,28-29H2. The van der Waals surface area contributed by atoms with Gasteiger partial charge in [0.05, 0.1) is 22.1 Å². The molecule has 0 bridgehead atoms. The van der Waals surface area contributed by atoms with Gasteiger partial charge in [0, 0.05) is 69.3 Å². The summed E-state index contributed by atoms with van der Waals surface area (Å²) in [5, 5.41) is 10.2. The molecule has 0 radical (unpaired) electrons. The second-order valence-electron chi connectivity index (χ2n) is 18.3. The molecule has 13 aromatic rings. The van der Waals surface area contributed by atoms with Crippen LogP contribution in [0.4, 0.5) is 0 Å². The average molecular weight is 837 g/mol. The quantitative estimate of drug-likeness (QED) is 0.174. The molecule has 0 amide bonds. The first-order valence-corrected chi connectivity index (χ1v) is 23.6. The number of thiophene rings is 1. The number of hydrogen-bond donors (Lipinski definition) is 0. The summed E-state index contributed by atoms with van der Waals surface area (Å²) >= 11 is 1.89. The molecule has 4 heteroatoms. The Morgan fingerprint density at radius 2 is 0.984 bits per heavy atom. The Bertz CT molecular complexity index is 4130. The van der Waals surface area contributed by atoms with Crippen LogP contribution in [-0.4, -0.2) is 9.13 Å². The fraction of sp³-hybridized carbons (Fsp3) is 0.100. The Kier molecular flexibility index (Phi) is 7.04. The number of fused-ring (bicyclic) bond motifs is 17. The molecule has 0 atom stereocenters. The van der Waals surface area contributed by atoms with Crippen LogP contribution in [0.3, 0.4) is 0 Å². The van der Waals surface area contributed by atoms with Crippen LogP contribution in [0.15, 0.2) is 186 Å². The van der Waals surface area contributed by atoms with Crippen molar-refractivity contribution in [3.05, 3.63) is 193 Å². The lowest BCUT2D eigenvalue weighted by atomic mass is 9.67. The van der Waals surface area contributed by atoms with E-state index in [2.05, 4.69) is 185 Å². The number of furan rings is 1. The number of nitrogens with zero attached hydrogens (tertiary/aromatic N) is 2. The number of para-hydroxylation sites is 3. The molecule has 302 valence electrons. The van der Waals surface area contributed by atoms with Gasteiger partial charge in [-0.25, -0.2) is 0 Å². The highest BCUT2D eigenvalue weighted by Crippen LogP contribution is 2.58. The van der Waals surface area contributed by atoms with Crippen molar-refractivity contribution in [2.45, 2.75) is 37.5 Å². The smallest absolute Gasteiger partial charge is 0.135 e. The molecular formula is C60H40N2OS. The van der Waals surface area contributed by atoms with Gasteiger partial charge < -0.3 is 13.6 Å². The zero-order chi connectivity index (χ0) is 41.7. The van der Waals surface area contributed by atoms with Gasteiger partial charge in [0.2, 0.25) is 0 Å². The van der Waals surface area contributed by atoms with E-state index >= 15 is 0 Å². The molecule has 0 aliphatic heterocycles. The average Bonchev–Trinajstić information content (AvgIpc) is 4.14. The van der Waals surface area contributed by atoms with E-state index in [1.165, 1.54) is 135 Å². The fourth-order valence-electron chi connectivity index (χ4n) is 12.2. The van der Waals surface area contributed by atoms with Crippen LogP contribution >= 0.6 is 11.3 Å². The van der Waals surface area contributed by atoms with E-state index in [1.54, 1.807) is 0 Å². The molecule has 0 unspecified atom stereocenters. The molecule has 1 spiro atoms. The van der Waals surface area contributed by atoms with Crippen molar-refractivity contribution in [3.8, 4) is 33.6 Å². The zero-order valence-electron chi connectivity index (χ0n) is 35.1. The fourth-order valence-corrected chi connectivity index (χ4v) is 13.4. The van der Waals surface area contributed by atoms with Crippen LogP contribution in [0, 0.1) is 0 Å². The van der Waals surface area contributed by atoms with Gasteiger partial charge >= 0.3 is 0 Å². The predicted octanol–water partition coefficient (Wildman–Crippen LogP) is 17.0. The largest absolute Gasteiger partial charge is 0.456 e. The summed E-state index contributed by atoms with van der Waals surface area (Å²) in [6.45, 7) is 0. The molecule has 9 aromatic carbocycles. The summed E-state index contributed by atoms with van der Waals surface area (Å²) in [7, 11) is 0. The number of rotatable bonds is 3. The Balaban J connectivity index is 0.900. The molecule has 2 aliphatic rings. The van der Waals surface area contributed by atoms with E-state index in [0.29, 0.717) is 0 Å². The summed E-state index contributed by atoms with van der Waals surface area (Å²) in [4.78, 5) is 0. The van der Waals surface area contributed by atoms with E-state index < -0.39 is 0 Å². The summed E-state index contributed by atoms with van der Waals surface area (Å²) in [6.07, 6.45) is 6.18. The van der Waals surface area contributed by atoms with Crippen molar-refractivity contribution in [2.75, 3.05) is 0 Å². The molecule has 4 aromatic heterocycles. The monoisotopic (exact) mass is 836 g/mol. The van der Waals surface area contributed by atoms with Crippen LogP contribution in [-0.2, 0) is 5.41 Å². The minimum absolute atomic E-state index is 0.00232. The Labute approximate surface area is 373 Å². The SMILES string of the molecule is c1ccc2c(c1)oc1ccc(-n3c4ccccc4c4cc(-c5ccc6c(c5)C5(CCCCC5)c5cc7c8ccccc8n(-c8ccc9c(c8)sc8ccccc89)c7cc5-6)ccc43)cc12. The summed E-state index contributed by atoms with van der Waals surface area (Å²) in [6, 6.07) is 68.4. The Morgan fingerprint density at radius 3 is 1.83 bits per heavy atom. The minimum Gasteiger partial charge on any atom is -0.456 e. The van der Waals surface area contributed by atoms with Crippen molar-refractivity contribution in [1.82, 2.24) is 9.13 Å². The molecule has 0 saturated heterocycles. The van der Waals surface area contributed by atoms with Crippen LogP contribution in [0.2, 0.25) is 0 Å². The normalized spacial score (nSPS) is 14.7. The van der Waals surface area contributed by atoms with Gasteiger partial charge in [0.15, 0.2) is 0 Å². The minimum atomic E-state index is 0.00232. The lowest BCUT2D eigenvalue weighted by Gasteiger charge is -2.36. The van der Waals surface area contributed by atoms with Crippen molar-refractivity contribution >= 4 is 97.1 Å². The van der Waals surface area contributed by atoms with Crippen molar-refractivity contribution in [2.24, 2.45) is 0 Å². The molecule has 64 heavy (non-hydrogen) atoms. The molecule has 0 N–H and O–H groups in total. The highest BCUT2D eigenvalue weighted by Gasteiger charge is 2.44. The highest BCUT2D eigenvalue weighted by atomic mass is 32.1. The predicted molar refractivity (Wildman–Crippen MR) is 270 cm³/mol. The highest BCUT2D eigenvalue weighted by molar-refractivity contribution is 7.25.